The molecule has 0 spiro atoms. The van der Waals surface area contributed by atoms with Gasteiger partial charge in [0.05, 0.1) is 27.2 Å². The number of benzene rings is 4. The van der Waals surface area contributed by atoms with Crippen LogP contribution in [0.2, 0.25) is 0 Å². The molecule has 4 aromatic carbocycles. The normalized spacial score (nSPS) is 18.8. The van der Waals surface area contributed by atoms with Crippen LogP contribution in [-0.2, 0) is 9.54 Å². The van der Waals surface area contributed by atoms with Crippen LogP contribution < -0.4 is 5.32 Å². The lowest BCUT2D eigenvalue weighted by Gasteiger charge is -2.45. The van der Waals surface area contributed by atoms with E-state index in [1.165, 1.54) is 4.90 Å². The van der Waals surface area contributed by atoms with Crippen LogP contribution in [0.5, 0.6) is 0 Å². The summed E-state index contributed by atoms with van der Waals surface area (Å²) < 4.78 is -0.623. The number of thioether (sulfide) groups is 1. The minimum atomic E-state index is -0.623. The number of fused-ring (bicyclic) bond motifs is 1. The van der Waals surface area contributed by atoms with E-state index in [1.807, 2.05) is 54.6 Å². The minimum Gasteiger partial charge on any atom is -0.343 e. The Bertz CT molecular complexity index is 1340. The van der Waals surface area contributed by atoms with Crippen LogP contribution in [0, 0.1) is 5.92 Å². The van der Waals surface area contributed by atoms with Gasteiger partial charge in [0.15, 0.2) is 0 Å². The summed E-state index contributed by atoms with van der Waals surface area (Å²) >= 11 is 1.64. The Morgan fingerprint density at radius 3 is 1.43 bits per heavy atom. The number of amides is 3. The van der Waals surface area contributed by atoms with Crippen LogP contribution in [-0.4, -0.2) is 34.5 Å². The zero-order valence-corrected chi connectivity index (χ0v) is 20.7. The summed E-state index contributed by atoms with van der Waals surface area (Å²) in [5, 5.41) is 2.75. The van der Waals surface area contributed by atoms with Gasteiger partial charge in [-0.2, -0.15) is 0 Å². The zero-order valence-electron chi connectivity index (χ0n) is 19.9. The van der Waals surface area contributed by atoms with Gasteiger partial charge in [-0.15, -0.1) is 11.8 Å². The number of carbonyl (C=O) groups excluding carboxylic acids is 3. The first kappa shape index (κ1) is 23.3. The molecular formula is C31H24N2O3S. The van der Waals surface area contributed by atoms with Crippen LogP contribution >= 0.6 is 11.8 Å². The molecule has 182 valence electrons. The molecule has 2 aliphatic rings. The highest BCUT2D eigenvalue weighted by atomic mass is 32.2. The Morgan fingerprint density at radius 2 is 1.03 bits per heavy atom. The second-order valence-electron chi connectivity index (χ2n) is 9.20. The quantitative estimate of drug-likeness (QED) is 0.217. The first-order chi connectivity index (χ1) is 18.1. The Hall–Kier alpha value is -4.16. The van der Waals surface area contributed by atoms with E-state index in [2.05, 4.69) is 41.7 Å². The molecule has 0 saturated carbocycles. The topological polar surface area (TPSA) is 66.5 Å². The first-order valence-corrected chi connectivity index (χ1v) is 13.1. The van der Waals surface area contributed by atoms with Crippen molar-refractivity contribution in [2.45, 2.75) is 10.1 Å². The van der Waals surface area contributed by atoms with Crippen molar-refractivity contribution in [3.8, 4) is 0 Å². The van der Waals surface area contributed by atoms with Crippen LogP contribution in [0.4, 0.5) is 0 Å². The fourth-order valence-corrected chi connectivity index (χ4v) is 6.94. The SMILES string of the molecule is O=C1NC(SC(c2ccccc2)(c2ccccc2)c2ccccc2)C1CN1C(=O)c2ccccc2C1=O. The van der Waals surface area contributed by atoms with E-state index < -0.39 is 10.7 Å². The van der Waals surface area contributed by atoms with E-state index in [9.17, 15) is 14.4 Å². The molecule has 2 unspecified atom stereocenters. The summed E-state index contributed by atoms with van der Waals surface area (Å²) in [5.41, 5.74) is 4.03. The van der Waals surface area contributed by atoms with E-state index in [4.69, 9.17) is 0 Å². The number of carbonyl (C=O) groups is 3. The molecular weight excluding hydrogens is 480 g/mol. The number of hydrogen-bond donors (Lipinski definition) is 1. The fourth-order valence-electron chi connectivity index (χ4n) is 5.19. The van der Waals surface area contributed by atoms with Gasteiger partial charge in [0.25, 0.3) is 11.8 Å². The van der Waals surface area contributed by atoms with Gasteiger partial charge >= 0.3 is 0 Å². The lowest BCUT2D eigenvalue weighted by Crippen LogP contribution is -2.61. The van der Waals surface area contributed by atoms with Gasteiger partial charge in [0.2, 0.25) is 5.91 Å². The molecule has 2 heterocycles. The monoisotopic (exact) mass is 504 g/mol. The van der Waals surface area contributed by atoms with E-state index in [-0.39, 0.29) is 29.6 Å². The Labute approximate surface area is 219 Å². The number of β-lactam (4-membered cyclic amide) rings is 1. The highest BCUT2D eigenvalue weighted by Crippen LogP contribution is 2.52. The standard InChI is InChI=1S/C31H24N2O3S/c34-27-26(20-33-29(35)24-18-10-11-19-25(24)30(33)36)28(32-27)37-31(21-12-4-1-5-13-21,22-14-6-2-7-15-22)23-16-8-3-9-17-23/h1-19,26,28H,20H2,(H,32,34). The van der Waals surface area contributed by atoms with Crippen LogP contribution in [0.15, 0.2) is 115 Å². The predicted molar refractivity (Wildman–Crippen MR) is 144 cm³/mol. The second kappa shape index (κ2) is 9.37. The van der Waals surface area contributed by atoms with Crippen molar-refractivity contribution in [3.05, 3.63) is 143 Å². The average Bonchev–Trinajstić information content (AvgIpc) is 3.20. The molecule has 3 amide bonds. The zero-order chi connectivity index (χ0) is 25.4. The van der Waals surface area contributed by atoms with Crippen molar-refractivity contribution in [3.63, 3.8) is 0 Å². The number of nitrogens with zero attached hydrogens (tertiary/aromatic N) is 1. The molecule has 1 saturated heterocycles. The molecule has 2 atom stereocenters. The van der Waals surface area contributed by atoms with E-state index in [0.29, 0.717) is 11.1 Å². The van der Waals surface area contributed by atoms with Gasteiger partial charge < -0.3 is 5.32 Å². The van der Waals surface area contributed by atoms with Crippen LogP contribution in [0.25, 0.3) is 0 Å². The summed E-state index contributed by atoms with van der Waals surface area (Å²) in [4.78, 5) is 40.1. The largest absolute Gasteiger partial charge is 0.343 e. The van der Waals surface area contributed by atoms with Crippen molar-refractivity contribution in [2.24, 2.45) is 5.92 Å². The van der Waals surface area contributed by atoms with Crippen molar-refractivity contribution in [1.29, 1.82) is 0 Å². The Kier molecular flexibility index (Phi) is 5.89. The van der Waals surface area contributed by atoms with Crippen molar-refractivity contribution < 1.29 is 14.4 Å². The molecule has 6 heteroatoms. The van der Waals surface area contributed by atoms with Gasteiger partial charge in [0, 0.05) is 6.54 Å². The third-order valence-corrected chi connectivity index (χ3v) is 8.85. The number of rotatable bonds is 7. The molecule has 1 N–H and O–H groups in total. The van der Waals surface area contributed by atoms with Crippen LogP contribution in [0.3, 0.4) is 0 Å². The highest BCUT2D eigenvalue weighted by Gasteiger charge is 2.50. The van der Waals surface area contributed by atoms with Gasteiger partial charge in [-0.3, -0.25) is 19.3 Å². The Balaban J connectivity index is 1.39. The van der Waals surface area contributed by atoms with Crippen molar-refractivity contribution in [1.82, 2.24) is 10.2 Å². The van der Waals surface area contributed by atoms with Gasteiger partial charge in [-0.25, -0.2) is 0 Å². The molecule has 0 radical (unpaired) electrons. The average molecular weight is 505 g/mol. The summed E-state index contributed by atoms with van der Waals surface area (Å²) in [7, 11) is 0. The summed E-state index contributed by atoms with van der Waals surface area (Å²) in [6, 6.07) is 37.5. The highest BCUT2D eigenvalue weighted by molar-refractivity contribution is 8.01. The lowest BCUT2D eigenvalue weighted by molar-refractivity contribution is -0.132. The lowest BCUT2D eigenvalue weighted by atomic mass is 9.84. The summed E-state index contributed by atoms with van der Waals surface area (Å²) in [5.74, 6) is -1.37. The first-order valence-electron chi connectivity index (χ1n) is 12.2. The summed E-state index contributed by atoms with van der Waals surface area (Å²) in [6.45, 7) is 0.0459. The molecule has 6 rings (SSSR count). The van der Waals surface area contributed by atoms with Crippen molar-refractivity contribution in [2.75, 3.05) is 6.54 Å². The minimum absolute atomic E-state index is 0.0459. The van der Waals surface area contributed by atoms with E-state index >= 15 is 0 Å². The third kappa shape index (κ3) is 3.85. The maximum Gasteiger partial charge on any atom is 0.261 e. The molecule has 1 fully saturated rings. The van der Waals surface area contributed by atoms with E-state index in [1.54, 1.807) is 36.0 Å². The molecule has 4 aromatic rings. The number of imide groups is 1. The summed E-state index contributed by atoms with van der Waals surface area (Å²) in [6.07, 6.45) is 0. The molecule has 2 aliphatic heterocycles. The number of nitrogens with one attached hydrogen (secondary N) is 1. The van der Waals surface area contributed by atoms with Gasteiger partial charge in [0.1, 0.15) is 0 Å². The fraction of sp³-hybridized carbons (Fsp3) is 0.129. The molecule has 5 nitrogen and oxygen atoms in total. The molecule has 0 aromatic heterocycles. The number of hydrogen-bond acceptors (Lipinski definition) is 4. The van der Waals surface area contributed by atoms with Gasteiger partial charge in [-0.1, -0.05) is 103 Å². The molecule has 0 bridgehead atoms. The maximum atomic E-state index is 13.0. The maximum absolute atomic E-state index is 13.0. The predicted octanol–water partition coefficient (Wildman–Crippen LogP) is 5.08. The molecule has 0 aliphatic carbocycles. The Morgan fingerprint density at radius 1 is 0.622 bits per heavy atom. The molecule has 37 heavy (non-hydrogen) atoms. The second-order valence-corrected chi connectivity index (χ2v) is 10.6. The smallest absolute Gasteiger partial charge is 0.261 e. The van der Waals surface area contributed by atoms with E-state index in [0.717, 1.165) is 16.7 Å². The van der Waals surface area contributed by atoms with Gasteiger partial charge in [-0.05, 0) is 28.8 Å². The van der Waals surface area contributed by atoms with Crippen LogP contribution in [0.1, 0.15) is 37.4 Å². The van der Waals surface area contributed by atoms with Crippen molar-refractivity contribution >= 4 is 29.5 Å². The third-order valence-electron chi connectivity index (χ3n) is 7.09.